The Labute approximate surface area is 88.9 Å². The minimum Gasteiger partial charge on any atom is -0.233 e. The number of nitrogens with zero attached hydrogens (tertiary/aromatic N) is 3. The molecule has 0 spiro atoms. The van der Waals surface area contributed by atoms with Crippen LogP contribution in [0, 0.1) is 0 Å². The van der Waals surface area contributed by atoms with Gasteiger partial charge < -0.3 is 0 Å². The lowest BCUT2D eigenvalue weighted by Gasteiger charge is -2.10. The second-order valence-corrected chi connectivity index (χ2v) is 3.94. The molecule has 2 aromatic heterocycles. The van der Waals surface area contributed by atoms with Crippen LogP contribution in [-0.2, 0) is 6.18 Å². The van der Waals surface area contributed by atoms with Gasteiger partial charge in [-0.15, -0.1) is 0 Å². The lowest BCUT2D eigenvalue weighted by Crippen LogP contribution is -2.14. The third-order valence-electron chi connectivity index (χ3n) is 2.67. The minimum absolute atomic E-state index is 0.195. The summed E-state index contributed by atoms with van der Waals surface area (Å²) < 4.78 is 39.2. The molecule has 0 N–H and O–H groups in total. The first-order valence-electron chi connectivity index (χ1n) is 4.97. The van der Waals surface area contributed by atoms with E-state index in [0.29, 0.717) is 5.69 Å². The molecule has 0 bridgehead atoms. The van der Waals surface area contributed by atoms with Gasteiger partial charge in [0.25, 0.3) is 0 Å². The van der Waals surface area contributed by atoms with E-state index in [1.165, 1.54) is 12.3 Å². The van der Waals surface area contributed by atoms with Gasteiger partial charge in [0, 0.05) is 17.7 Å². The third kappa shape index (κ3) is 1.45. The van der Waals surface area contributed by atoms with Crippen molar-refractivity contribution >= 4 is 5.65 Å². The molecule has 1 aliphatic carbocycles. The quantitative estimate of drug-likeness (QED) is 0.749. The van der Waals surface area contributed by atoms with E-state index < -0.39 is 11.9 Å². The highest BCUT2D eigenvalue weighted by Crippen LogP contribution is 2.41. The van der Waals surface area contributed by atoms with E-state index in [9.17, 15) is 13.2 Å². The number of alkyl halides is 3. The van der Waals surface area contributed by atoms with Crippen molar-refractivity contribution in [1.29, 1.82) is 0 Å². The fraction of sp³-hybridized carbons (Fsp3) is 0.400. The van der Waals surface area contributed by atoms with E-state index in [0.717, 1.165) is 23.4 Å². The van der Waals surface area contributed by atoms with Crippen LogP contribution in [0.1, 0.15) is 30.1 Å². The van der Waals surface area contributed by atoms with Gasteiger partial charge >= 0.3 is 6.18 Å². The molecule has 1 saturated carbocycles. The van der Waals surface area contributed by atoms with Crippen LogP contribution in [-0.4, -0.2) is 14.6 Å². The number of hydrogen-bond acceptors (Lipinski definition) is 2. The van der Waals surface area contributed by atoms with E-state index in [4.69, 9.17) is 0 Å². The topological polar surface area (TPSA) is 30.2 Å². The molecule has 1 fully saturated rings. The van der Waals surface area contributed by atoms with Crippen LogP contribution >= 0.6 is 0 Å². The maximum absolute atomic E-state index is 12.8. The maximum atomic E-state index is 12.8. The zero-order valence-electron chi connectivity index (χ0n) is 8.20. The number of aromatic nitrogens is 3. The van der Waals surface area contributed by atoms with Crippen molar-refractivity contribution in [2.45, 2.75) is 24.9 Å². The summed E-state index contributed by atoms with van der Waals surface area (Å²) in [6.07, 6.45) is -1.21. The van der Waals surface area contributed by atoms with Crippen LogP contribution in [0.5, 0.6) is 0 Å². The van der Waals surface area contributed by atoms with Crippen LogP contribution in [0.15, 0.2) is 18.3 Å². The molecule has 0 aromatic carbocycles. The Hall–Kier alpha value is -1.59. The monoisotopic (exact) mass is 227 g/mol. The van der Waals surface area contributed by atoms with Crippen molar-refractivity contribution in [1.82, 2.24) is 14.6 Å². The predicted octanol–water partition coefficient (Wildman–Crippen LogP) is 2.63. The Morgan fingerprint density at radius 1 is 1.31 bits per heavy atom. The molecule has 0 saturated heterocycles. The molecule has 2 aromatic rings. The number of hydrogen-bond donors (Lipinski definition) is 0. The van der Waals surface area contributed by atoms with Gasteiger partial charge in [0.15, 0.2) is 5.65 Å². The summed E-state index contributed by atoms with van der Waals surface area (Å²) in [6, 6.07) is 2.60. The van der Waals surface area contributed by atoms with Gasteiger partial charge in [-0.1, -0.05) is 0 Å². The van der Waals surface area contributed by atoms with Crippen molar-refractivity contribution in [3.63, 3.8) is 0 Å². The molecule has 0 radical (unpaired) electrons. The molecule has 3 rings (SSSR count). The van der Waals surface area contributed by atoms with Gasteiger partial charge in [0.05, 0.1) is 6.20 Å². The van der Waals surface area contributed by atoms with Crippen LogP contribution < -0.4 is 0 Å². The van der Waals surface area contributed by atoms with Crippen LogP contribution in [0.2, 0.25) is 0 Å². The predicted molar refractivity (Wildman–Crippen MR) is 50.0 cm³/mol. The van der Waals surface area contributed by atoms with Crippen molar-refractivity contribution in [3.8, 4) is 0 Å². The standard InChI is InChI=1S/C10H8F3N3/c11-10(12,13)8-5-7(6-1-2-6)15-9-3-4-14-16(8)9/h3-6H,1-2H2. The van der Waals surface area contributed by atoms with Gasteiger partial charge in [-0.2, -0.15) is 18.3 Å². The van der Waals surface area contributed by atoms with Gasteiger partial charge in [-0.3, -0.25) is 0 Å². The Morgan fingerprint density at radius 2 is 2.06 bits per heavy atom. The summed E-state index contributed by atoms with van der Waals surface area (Å²) in [5.41, 5.74) is 0.0430. The van der Waals surface area contributed by atoms with Gasteiger partial charge in [-0.05, 0) is 18.9 Å². The summed E-state index contributed by atoms with van der Waals surface area (Å²) in [4.78, 5) is 4.17. The van der Waals surface area contributed by atoms with Crippen LogP contribution in [0.25, 0.3) is 5.65 Å². The van der Waals surface area contributed by atoms with Crippen molar-refractivity contribution in [3.05, 3.63) is 29.7 Å². The SMILES string of the molecule is FC(F)(F)c1cc(C2CC2)nc2ccnn12. The van der Waals surface area contributed by atoms with Gasteiger partial charge in [0.1, 0.15) is 5.69 Å². The van der Waals surface area contributed by atoms with E-state index in [2.05, 4.69) is 10.1 Å². The highest BCUT2D eigenvalue weighted by Gasteiger charge is 2.36. The van der Waals surface area contributed by atoms with Gasteiger partial charge in [0.2, 0.25) is 0 Å². The molecule has 84 valence electrons. The zero-order chi connectivity index (χ0) is 11.3. The molecule has 3 nitrogen and oxygen atoms in total. The average molecular weight is 227 g/mol. The molecule has 0 aliphatic heterocycles. The summed E-state index contributed by atoms with van der Waals surface area (Å²) in [7, 11) is 0. The lowest BCUT2D eigenvalue weighted by atomic mass is 10.2. The van der Waals surface area contributed by atoms with Crippen molar-refractivity contribution in [2.24, 2.45) is 0 Å². The second kappa shape index (κ2) is 2.96. The zero-order valence-corrected chi connectivity index (χ0v) is 8.20. The largest absolute Gasteiger partial charge is 0.433 e. The molecule has 6 heteroatoms. The van der Waals surface area contributed by atoms with Gasteiger partial charge in [-0.25, -0.2) is 9.50 Å². The Morgan fingerprint density at radius 3 is 2.69 bits per heavy atom. The first kappa shape index (κ1) is 9.62. The Balaban J connectivity index is 2.26. The second-order valence-electron chi connectivity index (χ2n) is 3.94. The van der Waals surface area contributed by atoms with E-state index >= 15 is 0 Å². The molecular formula is C10H8F3N3. The van der Waals surface area contributed by atoms with E-state index in [-0.39, 0.29) is 11.6 Å². The first-order valence-corrected chi connectivity index (χ1v) is 4.97. The molecule has 16 heavy (non-hydrogen) atoms. The van der Waals surface area contributed by atoms with Crippen LogP contribution in [0.3, 0.4) is 0 Å². The van der Waals surface area contributed by atoms with E-state index in [1.54, 1.807) is 0 Å². The summed E-state index contributed by atoms with van der Waals surface area (Å²) >= 11 is 0. The molecule has 2 heterocycles. The van der Waals surface area contributed by atoms with Crippen molar-refractivity contribution in [2.75, 3.05) is 0 Å². The highest BCUT2D eigenvalue weighted by molar-refractivity contribution is 5.41. The van der Waals surface area contributed by atoms with E-state index in [1.807, 2.05) is 0 Å². The molecule has 0 amide bonds. The maximum Gasteiger partial charge on any atom is 0.433 e. The normalized spacial score (nSPS) is 16.9. The number of fused-ring (bicyclic) bond motifs is 1. The summed E-state index contributed by atoms with van der Waals surface area (Å²) in [6.45, 7) is 0. The smallest absolute Gasteiger partial charge is 0.233 e. The lowest BCUT2D eigenvalue weighted by molar-refractivity contribution is -0.142. The molecule has 0 unspecified atom stereocenters. The fourth-order valence-corrected chi connectivity index (χ4v) is 1.72. The number of rotatable bonds is 1. The third-order valence-corrected chi connectivity index (χ3v) is 2.67. The fourth-order valence-electron chi connectivity index (χ4n) is 1.72. The Kier molecular flexibility index (Phi) is 1.78. The van der Waals surface area contributed by atoms with Crippen LogP contribution in [0.4, 0.5) is 13.2 Å². The summed E-state index contributed by atoms with van der Waals surface area (Å²) in [5.74, 6) is 0.195. The summed E-state index contributed by atoms with van der Waals surface area (Å²) in [5, 5.41) is 3.64. The molecular weight excluding hydrogens is 219 g/mol. The number of halogens is 3. The first-order chi connectivity index (χ1) is 7.55. The Bertz CT molecular complexity index is 540. The minimum atomic E-state index is -4.39. The average Bonchev–Trinajstić information content (AvgIpc) is 2.94. The molecule has 0 atom stereocenters. The highest BCUT2D eigenvalue weighted by atomic mass is 19.4. The van der Waals surface area contributed by atoms with Crippen molar-refractivity contribution < 1.29 is 13.2 Å². The molecule has 1 aliphatic rings.